The zero-order valence-electron chi connectivity index (χ0n) is 8.22. The summed E-state index contributed by atoms with van der Waals surface area (Å²) in [6.45, 7) is 1.41. The molecule has 1 saturated heterocycles. The number of hydrogen-bond donors (Lipinski definition) is 0. The van der Waals surface area contributed by atoms with Gasteiger partial charge in [-0.05, 0) is 17.8 Å². The van der Waals surface area contributed by atoms with Gasteiger partial charge in [-0.1, -0.05) is 30.3 Å². The molecule has 3 nitrogen and oxygen atoms in total. The highest BCUT2D eigenvalue weighted by molar-refractivity contribution is 7.80. The number of rotatable bonds is 2. The lowest BCUT2D eigenvalue weighted by molar-refractivity contribution is -0.121. The molecule has 77 valence electrons. The minimum atomic E-state index is -0.107. The molecule has 0 N–H and O–H groups in total. The first-order chi connectivity index (χ1) is 7.25. The maximum absolute atomic E-state index is 11.0. The van der Waals surface area contributed by atoms with Crippen molar-refractivity contribution in [1.29, 1.82) is 0 Å². The molecular weight excluding hydrogens is 208 g/mol. The van der Waals surface area contributed by atoms with E-state index < -0.39 is 0 Å². The van der Waals surface area contributed by atoms with E-state index in [4.69, 9.17) is 12.2 Å². The third-order valence-electron chi connectivity index (χ3n) is 2.30. The van der Waals surface area contributed by atoms with Gasteiger partial charge in [-0.3, -0.25) is 4.79 Å². The monoisotopic (exact) mass is 219 g/mol. The molecule has 0 unspecified atom stereocenters. The maximum atomic E-state index is 11.0. The standard InChI is InChI=1S/C11H11N2OS/c14-10-6-7-13(11(15)12-10)8-9-4-2-1-3-5-9/h1-5H,6-8H2. The van der Waals surface area contributed by atoms with Crippen LogP contribution in [0.4, 0.5) is 0 Å². The number of benzene rings is 1. The topological polar surface area (TPSA) is 34.4 Å². The van der Waals surface area contributed by atoms with E-state index in [0.29, 0.717) is 18.1 Å². The Kier molecular flexibility index (Phi) is 2.97. The van der Waals surface area contributed by atoms with E-state index in [0.717, 1.165) is 6.54 Å². The van der Waals surface area contributed by atoms with E-state index in [-0.39, 0.29) is 5.91 Å². The third kappa shape index (κ3) is 2.53. The van der Waals surface area contributed by atoms with Gasteiger partial charge in [-0.15, -0.1) is 0 Å². The van der Waals surface area contributed by atoms with Crippen LogP contribution in [0.25, 0.3) is 0 Å². The van der Waals surface area contributed by atoms with E-state index in [2.05, 4.69) is 5.32 Å². The number of carbonyl (C=O) groups excluding carboxylic acids is 1. The summed E-state index contributed by atoms with van der Waals surface area (Å²) >= 11 is 5.04. The number of carbonyl (C=O) groups is 1. The van der Waals surface area contributed by atoms with Crippen molar-refractivity contribution in [3.63, 3.8) is 0 Å². The molecule has 0 aliphatic carbocycles. The largest absolute Gasteiger partial charge is 0.343 e. The van der Waals surface area contributed by atoms with Crippen LogP contribution in [0.2, 0.25) is 0 Å². The molecule has 1 radical (unpaired) electrons. The van der Waals surface area contributed by atoms with Gasteiger partial charge < -0.3 is 4.90 Å². The fraction of sp³-hybridized carbons (Fsp3) is 0.273. The Balaban J connectivity index is 2.01. The van der Waals surface area contributed by atoms with Crippen molar-refractivity contribution in [2.75, 3.05) is 6.54 Å². The average molecular weight is 219 g/mol. The summed E-state index contributed by atoms with van der Waals surface area (Å²) in [7, 11) is 0. The van der Waals surface area contributed by atoms with Crippen molar-refractivity contribution >= 4 is 23.2 Å². The predicted molar refractivity (Wildman–Crippen MR) is 61.2 cm³/mol. The van der Waals surface area contributed by atoms with Crippen LogP contribution >= 0.6 is 12.2 Å². The van der Waals surface area contributed by atoms with Crippen LogP contribution in [0.3, 0.4) is 0 Å². The minimum Gasteiger partial charge on any atom is -0.343 e. The van der Waals surface area contributed by atoms with Crippen LogP contribution in [-0.2, 0) is 11.3 Å². The second kappa shape index (κ2) is 4.40. The summed E-state index contributed by atoms with van der Waals surface area (Å²) in [6, 6.07) is 10.0. The van der Waals surface area contributed by atoms with Crippen LogP contribution in [0.15, 0.2) is 30.3 Å². The van der Waals surface area contributed by atoms with Gasteiger partial charge >= 0.3 is 0 Å². The van der Waals surface area contributed by atoms with E-state index in [1.54, 1.807) is 0 Å². The van der Waals surface area contributed by atoms with Gasteiger partial charge in [-0.2, -0.15) is 5.32 Å². The molecule has 0 bridgehead atoms. The van der Waals surface area contributed by atoms with Gasteiger partial charge in [0.05, 0.1) is 0 Å². The van der Waals surface area contributed by atoms with Crippen LogP contribution < -0.4 is 5.32 Å². The molecule has 2 rings (SSSR count). The Morgan fingerprint density at radius 2 is 2.07 bits per heavy atom. The van der Waals surface area contributed by atoms with Crippen molar-refractivity contribution in [1.82, 2.24) is 10.2 Å². The lowest BCUT2D eigenvalue weighted by Gasteiger charge is -2.27. The van der Waals surface area contributed by atoms with Crippen molar-refractivity contribution in [3.8, 4) is 0 Å². The molecule has 4 heteroatoms. The first-order valence-corrected chi connectivity index (χ1v) is 5.24. The number of hydrogen-bond acceptors (Lipinski definition) is 2. The normalized spacial score (nSPS) is 16.4. The summed E-state index contributed by atoms with van der Waals surface area (Å²) in [5.74, 6) is -0.107. The zero-order chi connectivity index (χ0) is 10.7. The highest BCUT2D eigenvalue weighted by Gasteiger charge is 2.21. The summed E-state index contributed by atoms with van der Waals surface area (Å²) < 4.78 is 0. The molecule has 1 aliphatic heterocycles. The average Bonchev–Trinajstić information content (AvgIpc) is 2.24. The Morgan fingerprint density at radius 1 is 1.33 bits per heavy atom. The Hall–Kier alpha value is -1.42. The molecule has 1 aromatic carbocycles. The van der Waals surface area contributed by atoms with E-state index >= 15 is 0 Å². The quantitative estimate of drug-likeness (QED) is 0.703. The van der Waals surface area contributed by atoms with Crippen molar-refractivity contribution in [2.45, 2.75) is 13.0 Å². The highest BCUT2D eigenvalue weighted by atomic mass is 32.1. The summed E-state index contributed by atoms with van der Waals surface area (Å²) in [5, 5.41) is 4.19. The molecule has 1 heterocycles. The SMILES string of the molecule is O=C1CCN(Cc2ccccc2)C(=S)[N]1. The summed E-state index contributed by atoms with van der Waals surface area (Å²) in [6.07, 6.45) is 0.465. The fourth-order valence-corrected chi connectivity index (χ4v) is 1.77. The number of nitrogens with zero attached hydrogens (tertiary/aromatic N) is 2. The fourth-order valence-electron chi connectivity index (χ4n) is 1.51. The summed E-state index contributed by atoms with van der Waals surface area (Å²) in [5.41, 5.74) is 1.18. The Morgan fingerprint density at radius 3 is 2.73 bits per heavy atom. The van der Waals surface area contributed by atoms with Gasteiger partial charge in [0.2, 0.25) is 5.91 Å². The van der Waals surface area contributed by atoms with Crippen LogP contribution in [0, 0.1) is 0 Å². The lowest BCUT2D eigenvalue weighted by atomic mass is 10.2. The highest BCUT2D eigenvalue weighted by Crippen LogP contribution is 2.09. The molecule has 0 aromatic heterocycles. The second-order valence-electron chi connectivity index (χ2n) is 3.45. The van der Waals surface area contributed by atoms with Gasteiger partial charge in [0.1, 0.15) is 0 Å². The van der Waals surface area contributed by atoms with Gasteiger partial charge in [0.15, 0.2) is 5.11 Å². The van der Waals surface area contributed by atoms with Crippen LogP contribution in [0.5, 0.6) is 0 Å². The molecule has 1 amide bonds. The van der Waals surface area contributed by atoms with E-state index in [1.165, 1.54) is 5.56 Å². The predicted octanol–water partition coefficient (Wildman–Crippen LogP) is 1.31. The summed E-state index contributed by atoms with van der Waals surface area (Å²) in [4.78, 5) is 12.9. The van der Waals surface area contributed by atoms with E-state index in [9.17, 15) is 4.79 Å². The molecule has 0 atom stereocenters. The first kappa shape index (κ1) is 10.1. The second-order valence-corrected chi connectivity index (χ2v) is 3.81. The molecule has 1 fully saturated rings. The van der Waals surface area contributed by atoms with Gasteiger partial charge in [-0.25, -0.2) is 0 Å². The smallest absolute Gasteiger partial charge is 0.250 e. The maximum Gasteiger partial charge on any atom is 0.250 e. The first-order valence-electron chi connectivity index (χ1n) is 4.83. The minimum absolute atomic E-state index is 0.107. The molecule has 1 aromatic rings. The molecule has 0 spiro atoms. The van der Waals surface area contributed by atoms with Crippen molar-refractivity contribution < 1.29 is 4.79 Å². The van der Waals surface area contributed by atoms with Crippen molar-refractivity contribution in [2.24, 2.45) is 0 Å². The zero-order valence-corrected chi connectivity index (χ0v) is 9.04. The number of amides is 1. The number of thiocarbonyl (C=S) groups is 1. The van der Waals surface area contributed by atoms with Gasteiger partial charge in [0.25, 0.3) is 0 Å². The Bertz CT molecular complexity index is 377. The van der Waals surface area contributed by atoms with Gasteiger partial charge in [0, 0.05) is 19.5 Å². The van der Waals surface area contributed by atoms with Crippen LogP contribution in [0.1, 0.15) is 12.0 Å². The Labute approximate surface area is 94.1 Å². The molecule has 1 aliphatic rings. The molecule has 15 heavy (non-hydrogen) atoms. The molecular formula is C11H11N2OS. The lowest BCUT2D eigenvalue weighted by Crippen LogP contribution is -2.44. The molecule has 0 saturated carbocycles. The van der Waals surface area contributed by atoms with Crippen molar-refractivity contribution in [3.05, 3.63) is 35.9 Å². The van der Waals surface area contributed by atoms with E-state index in [1.807, 2.05) is 35.2 Å². The van der Waals surface area contributed by atoms with Crippen LogP contribution in [-0.4, -0.2) is 22.5 Å². The third-order valence-corrected chi connectivity index (χ3v) is 2.65.